The molecule has 1 aromatic heterocycles. The number of amides is 1. The topological polar surface area (TPSA) is 65.4 Å². The van der Waals surface area contributed by atoms with Crippen molar-refractivity contribution in [2.24, 2.45) is 5.92 Å². The summed E-state index contributed by atoms with van der Waals surface area (Å²) in [4.78, 5) is 16.2. The van der Waals surface area contributed by atoms with Gasteiger partial charge in [0, 0.05) is 45.4 Å². The van der Waals surface area contributed by atoms with Crippen LogP contribution in [0.15, 0.2) is 12.4 Å². The third-order valence-electron chi connectivity index (χ3n) is 5.51. The summed E-state index contributed by atoms with van der Waals surface area (Å²) in [6, 6.07) is 0.163. The van der Waals surface area contributed by atoms with Gasteiger partial charge in [-0.25, -0.2) is 4.98 Å². The van der Waals surface area contributed by atoms with Gasteiger partial charge in [0.2, 0.25) is 5.91 Å². The van der Waals surface area contributed by atoms with E-state index in [0.717, 1.165) is 25.2 Å². The summed E-state index contributed by atoms with van der Waals surface area (Å²) in [7, 11) is 1.71. The lowest BCUT2D eigenvalue weighted by atomic mass is 9.81. The molecule has 3 rings (SSSR count). The molecule has 25 heavy (non-hydrogen) atoms. The second-order valence-corrected chi connectivity index (χ2v) is 7.40. The third-order valence-corrected chi connectivity index (χ3v) is 5.51. The number of rotatable bonds is 6. The molecule has 1 aromatic rings. The monoisotopic (exact) mass is 349 g/mol. The van der Waals surface area contributed by atoms with Gasteiger partial charge in [-0.05, 0) is 25.2 Å². The fourth-order valence-electron chi connectivity index (χ4n) is 4.33. The van der Waals surface area contributed by atoms with Crippen LogP contribution >= 0.6 is 0 Å². The quantitative estimate of drug-likeness (QED) is 0.858. The minimum atomic E-state index is -0.0654. The van der Waals surface area contributed by atoms with Gasteiger partial charge in [0.25, 0.3) is 0 Å². The summed E-state index contributed by atoms with van der Waals surface area (Å²) in [5.41, 5.74) is 0. The van der Waals surface area contributed by atoms with E-state index in [1.807, 2.05) is 12.4 Å². The van der Waals surface area contributed by atoms with Gasteiger partial charge >= 0.3 is 0 Å². The van der Waals surface area contributed by atoms with Crippen molar-refractivity contribution in [2.45, 2.75) is 76.7 Å². The lowest BCUT2D eigenvalue weighted by Crippen LogP contribution is -2.45. The largest absolute Gasteiger partial charge is 0.383 e. The maximum atomic E-state index is 11.6. The Hall–Kier alpha value is -1.40. The molecule has 0 spiro atoms. The van der Waals surface area contributed by atoms with Crippen molar-refractivity contribution in [1.82, 2.24) is 14.9 Å². The molecule has 1 aliphatic carbocycles. The van der Waals surface area contributed by atoms with E-state index in [0.29, 0.717) is 12.5 Å². The Morgan fingerprint density at radius 2 is 2.16 bits per heavy atom. The first-order chi connectivity index (χ1) is 12.2. The van der Waals surface area contributed by atoms with Crippen LogP contribution in [0.2, 0.25) is 0 Å². The molecule has 2 fully saturated rings. The molecule has 1 saturated carbocycles. The zero-order valence-corrected chi connectivity index (χ0v) is 15.4. The fraction of sp³-hybridized carbons (Fsp3) is 0.789. The molecule has 1 amide bonds. The highest BCUT2D eigenvalue weighted by Gasteiger charge is 2.37. The van der Waals surface area contributed by atoms with Gasteiger partial charge in [-0.1, -0.05) is 19.3 Å². The molecule has 140 valence electrons. The predicted octanol–water partition coefficient (Wildman–Crippen LogP) is 2.83. The molecule has 0 aromatic carbocycles. The Morgan fingerprint density at radius 1 is 1.36 bits per heavy atom. The molecule has 1 saturated heterocycles. The zero-order chi connectivity index (χ0) is 17.6. The smallest absolute Gasteiger partial charge is 0.217 e. The second-order valence-electron chi connectivity index (χ2n) is 7.40. The van der Waals surface area contributed by atoms with Crippen LogP contribution in [-0.2, 0) is 20.8 Å². The Bertz CT molecular complexity index is 554. The predicted molar refractivity (Wildman–Crippen MR) is 95.1 cm³/mol. The van der Waals surface area contributed by atoms with E-state index < -0.39 is 0 Å². The standard InChI is InChI=1S/C19H31N3O3/c1-14(23)21-16-12-17(15-6-4-3-5-7-15)25-18(13-16)19-20-8-9-22(19)10-11-24-2/h8-9,15-18H,3-7,10-13H2,1-2H3,(H,21,23)/t16-,17-,18+/m0/s1. The molecule has 3 atom stereocenters. The number of methoxy groups -OCH3 is 1. The molecule has 2 aliphatic rings. The molecule has 0 bridgehead atoms. The molecule has 0 unspecified atom stereocenters. The molecular weight excluding hydrogens is 318 g/mol. The number of nitrogens with one attached hydrogen (secondary N) is 1. The highest BCUT2D eigenvalue weighted by Crippen LogP contribution is 2.38. The molecule has 6 nitrogen and oxygen atoms in total. The summed E-state index contributed by atoms with van der Waals surface area (Å²) in [5.74, 6) is 1.60. The highest BCUT2D eigenvalue weighted by molar-refractivity contribution is 5.73. The number of ether oxygens (including phenoxy) is 2. The Morgan fingerprint density at radius 3 is 2.88 bits per heavy atom. The van der Waals surface area contributed by atoms with E-state index in [1.54, 1.807) is 14.0 Å². The average molecular weight is 349 g/mol. The van der Waals surface area contributed by atoms with Gasteiger partial charge in [0.15, 0.2) is 0 Å². The van der Waals surface area contributed by atoms with Crippen LogP contribution in [0.5, 0.6) is 0 Å². The second kappa shape index (κ2) is 8.81. The van der Waals surface area contributed by atoms with E-state index in [-0.39, 0.29) is 24.2 Å². The summed E-state index contributed by atoms with van der Waals surface area (Å²) < 4.78 is 13.8. The normalized spacial score (nSPS) is 28.0. The van der Waals surface area contributed by atoms with Crippen LogP contribution in [0.25, 0.3) is 0 Å². The van der Waals surface area contributed by atoms with Crippen molar-refractivity contribution in [1.29, 1.82) is 0 Å². The average Bonchev–Trinajstić information content (AvgIpc) is 3.08. The molecular formula is C19H31N3O3. The SMILES string of the molecule is COCCn1ccnc1[C@H]1C[C@@H](NC(C)=O)C[C@@H](C2CCCCC2)O1. The Kier molecular flexibility index (Phi) is 6.48. The van der Waals surface area contributed by atoms with Crippen molar-refractivity contribution >= 4 is 5.91 Å². The van der Waals surface area contributed by atoms with Crippen molar-refractivity contribution < 1.29 is 14.3 Å². The van der Waals surface area contributed by atoms with Gasteiger partial charge < -0.3 is 19.4 Å². The number of hydrogen-bond acceptors (Lipinski definition) is 4. The van der Waals surface area contributed by atoms with Crippen molar-refractivity contribution in [3.63, 3.8) is 0 Å². The maximum Gasteiger partial charge on any atom is 0.217 e. The maximum absolute atomic E-state index is 11.6. The van der Waals surface area contributed by atoms with Crippen LogP contribution < -0.4 is 5.32 Å². The number of carbonyl (C=O) groups excluding carboxylic acids is 1. The number of nitrogens with zero attached hydrogens (tertiary/aromatic N) is 2. The lowest BCUT2D eigenvalue weighted by Gasteiger charge is -2.40. The van der Waals surface area contributed by atoms with E-state index in [1.165, 1.54) is 32.1 Å². The third kappa shape index (κ3) is 4.82. The molecule has 0 radical (unpaired) electrons. The number of aromatic nitrogens is 2. The number of hydrogen-bond donors (Lipinski definition) is 1. The van der Waals surface area contributed by atoms with Crippen LogP contribution in [0.3, 0.4) is 0 Å². The van der Waals surface area contributed by atoms with Gasteiger partial charge in [-0.2, -0.15) is 0 Å². The number of imidazole rings is 1. The molecule has 1 N–H and O–H groups in total. The first-order valence-corrected chi connectivity index (χ1v) is 9.60. The van der Waals surface area contributed by atoms with E-state index in [4.69, 9.17) is 9.47 Å². The van der Waals surface area contributed by atoms with Gasteiger partial charge in [-0.15, -0.1) is 0 Å². The van der Waals surface area contributed by atoms with Crippen LogP contribution in [0, 0.1) is 5.92 Å². The Labute approximate surface area is 150 Å². The molecule has 1 aliphatic heterocycles. The minimum Gasteiger partial charge on any atom is -0.383 e. The van der Waals surface area contributed by atoms with Crippen molar-refractivity contribution in [3.8, 4) is 0 Å². The summed E-state index contributed by atoms with van der Waals surface area (Å²) in [6.07, 6.45) is 12.1. The van der Waals surface area contributed by atoms with Gasteiger partial charge in [-0.3, -0.25) is 4.79 Å². The summed E-state index contributed by atoms with van der Waals surface area (Å²) in [6.45, 7) is 3.02. The molecule has 2 heterocycles. The van der Waals surface area contributed by atoms with E-state index in [2.05, 4.69) is 14.9 Å². The minimum absolute atomic E-state index is 0.0377. The molecule has 6 heteroatoms. The van der Waals surface area contributed by atoms with E-state index >= 15 is 0 Å². The van der Waals surface area contributed by atoms with E-state index in [9.17, 15) is 4.79 Å². The fourth-order valence-corrected chi connectivity index (χ4v) is 4.33. The summed E-state index contributed by atoms with van der Waals surface area (Å²) >= 11 is 0. The first kappa shape index (κ1) is 18.4. The van der Waals surface area contributed by atoms with Crippen LogP contribution in [-0.4, -0.2) is 41.3 Å². The Balaban J connectivity index is 1.74. The summed E-state index contributed by atoms with van der Waals surface area (Å²) in [5, 5.41) is 3.12. The highest BCUT2D eigenvalue weighted by atomic mass is 16.5. The zero-order valence-electron chi connectivity index (χ0n) is 15.4. The first-order valence-electron chi connectivity index (χ1n) is 9.60. The van der Waals surface area contributed by atoms with Gasteiger partial charge in [0.05, 0.1) is 12.7 Å². The van der Waals surface area contributed by atoms with Gasteiger partial charge in [0.1, 0.15) is 11.9 Å². The van der Waals surface area contributed by atoms with Crippen molar-refractivity contribution in [2.75, 3.05) is 13.7 Å². The lowest BCUT2D eigenvalue weighted by molar-refractivity contribution is -0.125. The van der Waals surface area contributed by atoms with Crippen LogP contribution in [0.1, 0.15) is 63.8 Å². The van der Waals surface area contributed by atoms with Crippen LogP contribution in [0.4, 0.5) is 0 Å². The number of carbonyl (C=O) groups is 1. The van der Waals surface area contributed by atoms with Crippen molar-refractivity contribution in [3.05, 3.63) is 18.2 Å².